The van der Waals surface area contributed by atoms with E-state index in [0.29, 0.717) is 49.8 Å². The molecule has 0 bridgehead atoms. The summed E-state index contributed by atoms with van der Waals surface area (Å²) in [5.41, 5.74) is 2.62. The summed E-state index contributed by atoms with van der Waals surface area (Å²) in [6.45, 7) is 3.06. The van der Waals surface area contributed by atoms with Crippen molar-refractivity contribution in [2.24, 2.45) is 0 Å². The van der Waals surface area contributed by atoms with Gasteiger partial charge in [-0.1, -0.05) is 12.1 Å². The molecular weight excluding hydrogens is 468 g/mol. The number of methoxy groups -OCH3 is 1. The quantitative estimate of drug-likeness (QED) is 0.408. The highest BCUT2D eigenvalue weighted by atomic mass is 16.5. The molecule has 0 N–H and O–H groups in total. The molecule has 1 amide bonds. The minimum absolute atomic E-state index is 0.137. The molecule has 0 aliphatic carbocycles. The Balaban J connectivity index is 1.40. The van der Waals surface area contributed by atoms with Gasteiger partial charge in [0, 0.05) is 57.0 Å². The molecule has 0 fully saturated rings. The van der Waals surface area contributed by atoms with Crippen molar-refractivity contribution < 1.29 is 19.0 Å². The minimum Gasteiger partial charge on any atom is -0.497 e. The molecule has 1 aliphatic heterocycles. The molecular formula is C29H30N4O4. The maximum atomic E-state index is 13.3. The van der Waals surface area contributed by atoms with Crippen LogP contribution in [-0.2, 0) is 6.54 Å². The zero-order valence-corrected chi connectivity index (χ0v) is 21.0. The first-order valence-electron chi connectivity index (χ1n) is 12.3. The van der Waals surface area contributed by atoms with E-state index in [9.17, 15) is 4.79 Å². The average molecular weight is 499 g/mol. The number of ether oxygens (including phenoxy) is 3. The summed E-state index contributed by atoms with van der Waals surface area (Å²) in [5, 5.41) is 0. The number of pyridine rings is 1. The topological polar surface area (TPSA) is 69.1 Å². The number of amides is 1. The van der Waals surface area contributed by atoms with Gasteiger partial charge >= 0.3 is 0 Å². The zero-order chi connectivity index (χ0) is 25.6. The maximum Gasteiger partial charge on any atom is 0.259 e. The molecule has 2 aromatic heterocycles. The maximum absolute atomic E-state index is 13.3. The van der Waals surface area contributed by atoms with Crippen LogP contribution in [0, 0.1) is 0 Å². The van der Waals surface area contributed by atoms with Crippen LogP contribution in [0.5, 0.6) is 23.1 Å². The molecule has 0 saturated heterocycles. The predicted molar refractivity (Wildman–Crippen MR) is 141 cm³/mol. The Morgan fingerprint density at radius 2 is 1.73 bits per heavy atom. The molecule has 0 unspecified atom stereocenters. The lowest BCUT2D eigenvalue weighted by molar-refractivity contribution is 0.0770. The lowest BCUT2D eigenvalue weighted by Gasteiger charge is -2.26. The lowest BCUT2D eigenvalue weighted by Crippen LogP contribution is -2.38. The van der Waals surface area contributed by atoms with Gasteiger partial charge in [-0.05, 0) is 60.7 Å². The van der Waals surface area contributed by atoms with E-state index in [0.717, 1.165) is 17.1 Å². The standard InChI is InChI=1S/C29H30N4O4/c1-31-17-18-32(21-23-7-6-16-33(23)22-11-13-24(35-2)14-12-22)19-20-36-26-9-3-4-10-27(26)37-28-25(29(31)34)8-5-15-30-28/h3-16H,17-21H2,1-2H3. The summed E-state index contributed by atoms with van der Waals surface area (Å²) < 4.78 is 19.7. The molecule has 4 aromatic rings. The van der Waals surface area contributed by atoms with E-state index in [-0.39, 0.29) is 11.8 Å². The van der Waals surface area contributed by atoms with Gasteiger partial charge < -0.3 is 23.7 Å². The van der Waals surface area contributed by atoms with Gasteiger partial charge in [0.15, 0.2) is 11.5 Å². The van der Waals surface area contributed by atoms with E-state index in [1.54, 1.807) is 37.4 Å². The molecule has 1 aliphatic rings. The van der Waals surface area contributed by atoms with Crippen molar-refractivity contribution in [1.82, 2.24) is 19.4 Å². The van der Waals surface area contributed by atoms with E-state index in [1.807, 2.05) is 54.6 Å². The second-order valence-electron chi connectivity index (χ2n) is 8.82. The Morgan fingerprint density at radius 1 is 0.919 bits per heavy atom. The number of hydrogen-bond donors (Lipinski definition) is 0. The van der Waals surface area contributed by atoms with Crippen LogP contribution in [0.3, 0.4) is 0 Å². The first-order chi connectivity index (χ1) is 18.1. The van der Waals surface area contributed by atoms with Gasteiger partial charge in [0.25, 0.3) is 5.91 Å². The minimum atomic E-state index is -0.137. The molecule has 0 atom stereocenters. The SMILES string of the molecule is COc1ccc(-n2cccc2CN2CCOc3ccccc3Oc3ncccc3C(=O)N(C)CC2)cc1. The van der Waals surface area contributed by atoms with Gasteiger partial charge in [-0.2, -0.15) is 0 Å². The van der Waals surface area contributed by atoms with Crippen molar-refractivity contribution in [1.29, 1.82) is 0 Å². The second kappa shape index (κ2) is 11.2. The Kier molecular flexibility index (Phi) is 7.37. The Labute approximate surface area is 216 Å². The molecule has 190 valence electrons. The van der Waals surface area contributed by atoms with Crippen LogP contribution in [0.2, 0.25) is 0 Å². The Bertz CT molecular complexity index is 1350. The third-order valence-corrected chi connectivity index (χ3v) is 6.39. The third kappa shape index (κ3) is 5.59. The molecule has 8 heteroatoms. The number of rotatable bonds is 4. The van der Waals surface area contributed by atoms with Crippen molar-refractivity contribution in [3.63, 3.8) is 0 Å². The summed E-state index contributed by atoms with van der Waals surface area (Å²) in [6.07, 6.45) is 3.68. The lowest BCUT2D eigenvalue weighted by atomic mass is 10.2. The summed E-state index contributed by atoms with van der Waals surface area (Å²) >= 11 is 0. The van der Waals surface area contributed by atoms with Crippen molar-refractivity contribution in [2.75, 3.05) is 40.4 Å². The summed E-state index contributed by atoms with van der Waals surface area (Å²) in [7, 11) is 3.47. The van der Waals surface area contributed by atoms with Crippen molar-refractivity contribution in [2.45, 2.75) is 6.54 Å². The van der Waals surface area contributed by atoms with E-state index < -0.39 is 0 Å². The number of aromatic nitrogens is 2. The average Bonchev–Trinajstić information content (AvgIpc) is 3.40. The molecule has 37 heavy (non-hydrogen) atoms. The fraction of sp³-hybridized carbons (Fsp3) is 0.241. The molecule has 0 radical (unpaired) electrons. The van der Waals surface area contributed by atoms with Gasteiger partial charge in [-0.3, -0.25) is 9.69 Å². The van der Waals surface area contributed by atoms with E-state index >= 15 is 0 Å². The highest BCUT2D eigenvalue weighted by molar-refractivity contribution is 5.96. The molecule has 0 spiro atoms. The second-order valence-corrected chi connectivity index (χ2v) is 8.82. The van der Waals surface area contributed by atoms with Crippen LogP contribution in [0.1, 0.15) is 16.1 Å². The fourth-order valence-corrected chi connectivity index (χ4v) is 4.31. The highest BCUT2D eigenvalue weighted by Gasteiger charge is 2.21. The van der Waals surface area contributed by atoms with Crippen molar-refractivity contribution >= 4 is 5.91 Å². The third-order valence-electron chi connectivity index (χ3n) is 6.39. The number of nitrogens with zero attached hydrogens (tertiary/aromatic N) is 4. The van der Waals surface area contributed by atoms with Crippen molar-refractivity contribution in [3.05, 3.63) is 96.4 Å². The Hall–Kier alpha value is -4.30. The van der Waals surface area contributed by atoms with Crippen LogP contribution >= 0.6 is 0 Å². The zero-order valence-electron chi connectivity index (χ0n) is 21.0. The fourth-order valence-electron chi connectivity index (χ4n) is 4.31. The van der Waals surface area contributed by atoms with Gasteiger partial charge in [-0.25, -0.2) is 4.98 Å². The number of hydrogen-bond acceptors (Lipinski definition) is 6. The van der Waals surface area contributed by atoms with Gasteiger partial charge in [0.1, 0.15) is 17.9 Å². The molecule has 0 saturated carbocycles. The van der Waals surface area contributed by atoms with E-state index in [4.69, 9.17) is 14.2 Å². The van der Waals surface area contributed by atoms with Crippen molar-refractivity contribution in [3.8, 4) is 28.8 Å². The van der Waals surface area contributed by atoms with Gasteiger partial charge in [0.05, 0.1) is 7.11 Å². The first-order valence-corrected chi connectivity index (χ1v) is 12.3. The first kappa shape index (κ1) is 24.4. The number of carbonyl (C=O) groups excluding carboxylic acids is 1. The summed E-state index contributed by atoms with van der Waals surface area (Å²) in [6, 6.07) is 23.1. The monoisotopic (exact) mass is 498 g/mol. The summed E-state index contributed by atoms with van der Waals surface area (Å²) in [4.78, 5) is 21.6. The predicted octanol–water partition coefficient (Wildman–Crippen LogP) is 4.64. The van der Waals surface area contributed by atoms with Gasteiger partial charge in [0.2, 0.25) is 5.88 Å². The molecule has 8 nitrogen and oxygen atoms in total. The summed E-state index contributed by atoms with van der Waals surface area (Å²) in [5.74, 6) is 2.09. The Morgan fingerprint density at radius 3 is 2.54 bits per heavy atom. The number of para-hydroxylation sites is 2. The van der Waals surface area contributed by atoms with Gasteiger partial charge in [-0.15, -0.1) is 0 Å². The van der Waals surface area contributed by atoms with E-state index in [1.165, 1.54) is 0 Å². The molecule has 5 rings (SSSR count). The highest BCUT2D eigenvalue weighted by Crippen LogP contribution is 2.32. The number of fused-ring (bicyclic) bond motifs is 2. The number of likely N-dealkylation sites (N-methyl/N-ethyl adjacent to an activating group) is 1. The molecule has 3 heterocycles. The van der Waals surface area contributed by atoms with Crippen LogP contribution in [0.4, 0.5) is 0 Å². The van der Waals surface area contributed by atoms with Crippen LogP contribution in [0.15, 0.2) is 85.2 Å². The van der Waals surface area contributed by atoms with Crippen LogP contribution in [-0.4, -0.2) is 65.7 Å². The van der Waals surface area contributed by atoms with Crippen LogP contribution < -0.4 is 14.2 Å². The number of benzene rings is 2. The smallest absolute Gasteiger partial charge is 0.259 e. The number of carbonyl (C=O) groups is 1. The van der Waals surface area contributed by atoms with Crippen LogP contribution in [0.25, 0.3) is 5.69 Å². The van der Waals surface area contributed by atoms with E-state index in [2.05, 4.69) is 26.7 Å². The largest absolute Gasteiger partial charge is 0.497 e. The molecule has 2 aromatic carbocycles. The normalized spacial score (nSPS) is 14.8.